The minimum Gasteiger partial charge on any atom is -0.353 e. The standard InChI is InChI=1S/C21H30N10S/c1-26-18-17(13-24-26)19(23-14-22-18)28-11-9-27(10-12-28)15-30-21(32)31(16-5-6-16)20(25-30)29-7-3-2-4-8-29/h13-14,16H,2-12,15H2,1H3. The van der Waals surface area contributed by atoms with Crippen molar-refractivity contribution in [2.24, 2.45) is 7.05 Å². The lowest BCUT2D eigenvalue weighted by atomic mass is 10.1. The number of piperidine rings is 1. The quantitative estimate of drug-likeness (QED) is 0.543. The largest absolute Gasteiger partial charge is 0.353 e. The summed E-state index contributed by atoms with van der Waals surface area (Å²) in [4.78, 5) is 16.2. The molecule has 0 atom stereocenters. The molecule has 0 amide bonds. The Morgan fingerprint density at radius 3 is 2.50 bits per heavy atom. The summed E-state index contributed by atoms with van der Waals surface area (Å²) < 4.78 is 7.06. The molecule has 5 heterocycles. The van der Waals surface area contributed by atoms with Gasteiger partial charge in [-0.3, -0.25) is 14.1 Å². The van der Waals surface area contributed by atoms with Crippen LogP contribution in [0.15, 0.2) is 12.5 Å². The second-order valence-corrected chi connectivity index (χ2v) is 9.55. The second kappa shape index (κ2) is 8.11. The number of anilines is 2. The normalized spacial score (nSPS) is 20.4. The summed E-state index contributed by atoms with van der Waals surface area (Å²) in [5.74, 6) is 2.07. The zero-order valence-corrected chi connectivity index (χ0v) is 19.4. The van der Waals surface area contributed by atoms with Crippen molar-refractivity contribution < 1.29 is 0 Å². The lowest BCUT2D eigenvalue weighted by Crippen LogP contribution is -2.47. The van der Waals surface area contributed by atoms with Gasteiger partial charge in [-0.1, -0.05) is 0 Å². The van der Waals surface area contributed by atoms with Crippen LogP contribution in [-0.2, 0) is 13.7 Å². The minimum absolute atomic E-state index is 0.546. The van der Waals surface area contributed by atoms with Crippen molar-refractivity contribution in [3.63, 3.8) is 0 Å². The van der Waals surface area contributed by atoms with E-state index in [4.69, 9.17) is 17.3 Å². The van der Waals surface area contributed by atoms with Gasteiger partial charge in [0.25, 0.3) is 0 Å². The Morgan fingerprint density at radius 1 is 0.969 bits per heavy atom. The fraction of sp³-hybridized carbons (Fsp3) is 0.667. The Labute approximate surface area is 192 Å². The smallest absolute Gasteiger partial charge is 0.226 e. The first-order valence-electron chi connectivity index (χ1n) is 11.7. The predicted molar refractivity (Wildman–Crippen MR) is 125 cm³/mol. The van der Waals surface area contributed by atoms with Crippen molar-refractivity contribution in [3.8, 4) is 0 Å². The van der Waals surface area contributed by atoms with Crippen LogP contribution in [0, 0.1) is 4.77 Å². The molecule has 0 N–H and O–H groups in total. The number of rotatable bonds is 5. The molecule has 3 fully saturated rings. The molecular formula is C21H30N10S. The van der Waals surface area contributed by atoms with Gasteiger partial charge in [0.2, 0.25) is 10.7 Å². The topological polar surface area (TPSA) is 76.1 Å². The number of piperazine rings is 1. The van der Waals surface area contributed by atoms with Gasteiger partial charge in [-0.15, -0.1) is 5.10 Å². The van der Waals surface area contributed by atoms with E-state index in [-0.39, 0.29) is 0 Å². The second-order valence-electron chi connectivity index (χ2n) is 9.18. The third-order valence-electron chi connectivity index (χ3n) is 6.92. The fourth-order valence-corrected chi connectivity index (χ4v) is 5.28. The minimum atomic E-state index is 0.546. The predicted octanol–water partition coefficient (Wildman–Crippen LogP) is 2.20. The molecule has 2 aliphatic heterocycles. The van der Waals surface area contributed by atoms with Gasteiger partial charge in [-0.2, -0.15) is 5.10 Å². The summed E-state index contributed by atoms with van der Waals surface area (Å²) in [5, 5.41) is 10.4. The number of hydrogen-bond donors (Lipinski definition) is 0. The Hall–Kier alpha value is -2.53. The van der Waals surface area contributed by atoms with Gasteiger partial charge in [0.15, 0.2) is 5.65 Å². The SMILES string of the molecule is Cn1ncc2c(N3CCN(Cn4nc(N5CCCCC5)n(C5CC5)c4=S)CC3)ncnc21. The highest BCUT2D eigenvalue weighted by molar-refractivity contribution is 7.71. The van der Waals surface area contributed by atoms with Crippen LogP contribution in [0.3, 0.4) is 0 Å². The van der Waals surface area contributed by atoms with Gasteiger partial charge < -0.3 is 9.80 Å². The summed E-state index contributed by atoms with van der Waals surface area (Å²) in [6.07, 6.45) is 9.77. The van der Waals surface area contributed by atoms with E-state index in [1.54, 1.807) is 11.0 Å². The van der Waals surface area contributed by atoms with E-state index in [9.17, 15) is 0 Å². The monoisotopic (exact) mass is 454 g/mol. The number of aryl methyl sites for hydroxylation is 1. The molecule has 2 saturated heterocycles. The third kappa shape index (κ3) is 3.57. The van der Waals surface area contributed by atoms with Crippen LogP contribution < -0.4 is 9.80 Å². The van der Waals surface area contributed by atoms with Crippen LogP contribution in [0.2, 0.25) is 0 Å². The average Bonchev–Trinajstić information content (AvgIpc) is 3.52. The van der Waals surface area contributed by atoms with Gasteiger partial charge in [0.05, 0.1) is 18.3 Å². The molecule has 1 aliphatic carbocycles. The molecular weight excluding hydrogens is 424 g/mol. The zero-order valence-electron chi connectivity index (χ0n) is 18.6. The Balaban J connectivity index is 1.17. The summed E-state index contributed by atoms with van der Waals surface area (Å²) >= 11 is 5.90. The molecule has 3 aliphatic rings. The first-order chi connectivity index (χ1) is 15.7. The number of fused-ring (bicyclic) bond motifs is 1. The van der Waals surface area contributed by atoms with E-state index < -0.39 is 0 Å². The van der Waals surface area contributed by atoms with Crippen LogP contribution in [-0.4, -0.2) is 78.3 Å². The average molecular weight is 455 g/mol. The van der Waals surface area contributed by atoms with Crippen molar-refractivity contribution in [3.05, 3.63) is 17.3 Å². The molecule has 0 bridgehead atoms. The van der Waals surface area contributed by atoms with Gasteiger partial charge in [-0.25, -0.2) is 14.6 Å². The lowest BCUT2D eigenvalue weighted by molar-refractivity contribution is 0.194. The van der Waals surface area contributed by atoms with Crippen LogP contribution in [0.5, 0.6) is 0 Å². The van der Waals surface area contributed by atoms with E-state index in [1.807, 2.05) is 13.2 Å². The van der Waals surface area contributed by atoms with E-state index in [2.05, 4.69) is 39.0 Å². The highest BCUT2D eigenvalue weighted by atomic mass is 32.1. The van der Waals surface area contributed by atoms with E-state index >= 15 is 0 Å². The van der Waals surface area contributed by atoms with E-state index in [0.717, 1.165) is 73.5 Å². The number of aromatic nitrogens is 7. The Bertz CT molecular complexity index is 1160. The summed E-state index contributed by atoms with van der Waals surface area (Å²) in [6, 6.07) is 0.546. The maximum Gasteiger partial charge on any atom is 0.226 e. The molecule has 170 valence electrons. The number of nitrogens with zero attached hydrogens (tertiary/aromatic N) is 10. The molecule has 0 radical (unpaired) electrons. The molecule has 0 spiro atoms. The molecule has 0 unspecified atom stereocenters. The molecule has 32 heavy (non-hydrogen) atoms. The van der Waals surface area contributed by atoms with Gasteiger partial charge in [-0.05, 0) is 44.3 Å². The van der Waals surface area contributed by atoms with Crippen LogP contribution in [0.1, 0.15) is 38.1 Å². The van der Waals surface area contributed by atoms with Crippen molar-refractivity contribution in [2.45, 2.75) is 44.8 Å². The van der Waals surface area contributed by atoms with Crippen molar-refractivity contribution in [2.75, 3.05) is 49.1 Å². The van der Waals surface area contributed by atoms with Gasteiger partial charge in [0, 0.05) is 52.4 Å². The Kier molecular flexibility index (Phi) is 5.09. The molecule has 3 aromatic rings. The van der Waals surface area contributed by atoms with Crippen molar-refractivity contribution in [1.82, 2.24) is 39.0 Å². The third-order valence-corrected chi connectivity index (χ3v) is 7.33. The highest BCUT2D eigenvalue weighted by Gasteiger charge is 2.31. The molecule has 1 saturated carbocycles. The van der Waals surface area contributed by atoms with Crippen molar-refractivity contribution >= 4 is 35.0 Å². The van der Waals surface area contributed by atoms with E-state index in [0.29, 0.717) is 6.04 Å². The van der Waals surface area contributed by atoms with Crippen LogP contribution in [0.25, 0.3) is 11.0 Å². The fourth-order valence-electron chi connectivity index (χ4n) is 4.95. The molecule has 0 aromatic carbocycles. The first-order valence-corrected chi connectivity index (χ1v) is 12.1. The van der Waals surface area contributed by atoms with Crippen molar-refractivity contribution in [1.29, 1.82) is 0 Å². The lowest BCUT2D eigenvalue weighted by Gasteiger charge is -2.35. The maximum atomic E-state index is 5.90. The first kappa shape index (κ1) is 20.1. The summed E-state index contributed by atoms with van der Waals surface area (Å²) in [5.41, 5.74) is 0.875. The zero-order chi connectivity index (χ0) is 21.7. The highest BCUT2D eigenvalue weighted by Crippen LogP contribution is 2.38. The van der Waals surface area contributed by atoms with E-state index in [1.165, 1.54) is 32.1 Å². The maximum absolute atomic E-state index is 5.90. The molecule has 3 aromatic heterocycles. The van der Waals surface area contributed by atoms with Gasteiger partial charge in [0.1, 0.15) is 12.1 Å². The van der Waals surface area contributed by atoms with Crippen LogP contribution in [0.4, 0.5) is 11.8 Å². The summed E-state index contributed by atoms with van der Waals surface area (Å²) in [6.45, 7) is 6.66. The Morgan fingerprint density at radius 2 is 1.75 bits per heavy atom. The number of hydrogen-bond acceptors (Lipinski definition) is 8. The van der Waals surface area contributed by atoms with Gasteiger partial charge >= 0.3 is 0 Å². The molecule has 6 rings (SSSR count). The molecule has 11 heteroatoms. The molecule has 10 nitrogen and oxygen atoms in total. The summed E-state index contributed by atoms with van der Waals surface area (Å²) in [7, 11) is 1.92. The van der Waals surface area contributed by atoms with Crippen LogP contribution >= 0.6 is 12.2 Å².